The molecule has 0 aliphatic carbocycles. The van der Waals surface area contributed by atoms with Crippen LogP contribution in [0.5, 0.6) is 0 Å². The molecular weight excluding hydrogens is 290 g/mol. The van der Waals surface area contributed by atoms with Crippen molar-refractivity contribution in [2.24, 2.45) is 0 Å². The van der Waals surface area contributed by atoms with Gasteiger partial charge in [0.05, 0.1) is 10.7 Å². The van der Waals surface area contributed by atoms with Crippen LogP contribution in [-0.4, -0.2) is 18.2 Å². The maximum atomic E-state index is 11.7. The molecule has 0 fully saturated rings. The van der Waals surface area contributed by atoms with Crippen LogP contribution in [0.2, 0.25) is 0 Å². The Morgan fingerprint density at radius 3 is 3.06 bits per heavy atom. The van der Waals surface area contributed by atoms with E-state index in [4.69, 9.17) is 4.42 Å². The van der Waals surface area contributed by atoms with Crippen molar-refractivity contribution in [2.75, 3.05) is 12.3 Å². The summed E-state index contributed by atoms with van der Waals surface area (Å²) >= 11 is 7.41. The van der Waals surface area contributed by atoms with Gasteiger partial charge < -0.3 is 9.73 Å². The van der Waals surface area contributed by atoms with Gasteiger partial charge in [-0.05, 0) is 34.1 Å². The molecule has 1 amide bonds. The first-order valence-electron chi connectivity index (χ1n) is 4.78. The van der Waals surface area contributed by atoms with E-state index in [-0.39, 0.29) is 5.91 Å². The van der Waals surface area contributed by atoms with Crippen LogP contribution in [0.15, 0.2) is 33.4 Å². The number of thiol groups is 1. The number of carbonyl (C=O) groups excluding carboxylic acids is 1. The highest BCUT2D eigenvalue weighted by Crippen LogP contribution is 2.26. The van der Waals surface area contributed by atoms with Crippen LogP contribution >= 0.6 is 28.6 Å². The van der Waals surface area contributed by atoms with Crippen molar-refractivity contribution >= 4 is 45.4 Å². The van der Waals surface area contributed by atoms with Crippen molar-refractivity contribution in [1.82, 2.24) is 5.32 Å². The summed E-state index contributed by atoms with van der Waals surface area (Å²) < 4.78 is 6.06. The third-order valence-corrected chi connectivity index (χ3v) is 2.98. The molecule has 3 nitrogen and oxygen atoms in total. The molecule has 1 aromatic carbocycles. The molecule has 0 saturated heterocycles. The summed E-state index contributed by atoms with van der Waals surface area (Å²) in [7, 11) is 0. The van der Waals surface area contributed by atoms with E-state index in [1.165, 1.54) is 0 Å². The van der Waals surface area contributed by atoms with E-state index in [1.807, 2.05) is 6.07 Å². The van der Waals surface area contributed by atoms with Crippen LogP contribution in [-0.2, 0) is 0 Å². The lowest BCUT2D eigenvalue weighted by atomic mass is 10.1. The van der Waals surface area contributed by atoms with E-state index in [0.717, 1.165) is 15.4 Å². The number of rotatable bonds is 3. The fraction of sp³-hybridized carbons (Fsp3) is 0.182. The summed E-state index contributed by atoms with van der Waals surface area (Å²) in [5.74, 6) is 0.527. The lowest BCUT2D eigenvalue weighted by Gasteiger charge is -2.04. The molecule has 0 spiro atoms. The largest absolute Gasteiger partial charge is 0.463 e. The minimum atomic E-state index is -0.0992. The van der Waals surface area contributed by atoms with Gasteiger partial charge in [-0.3, -0.25) is 4.79 Å². The van der Waals surface area contributed by atoms with Crippen molar-refractivity contribution in [3.63, 3.8) is 0 Å². The average Bonchev–Trinajstić information content (AvgIpc) is 2.74. The van der Waals surface area contributed by atoms with E-state index >= 15 is 0 Å². The second kappa shape index (κ2) is 4.93. The fourth-order valence-corrected chi connectivity index (χ4v) is 2.12. The predicted molar refractivity (Wildman–Crippen MR) is 70.1 cm³/mol. The molecule has 16 heavy (non-hydrogen) atoms. The first-order chi connectivity index (χ1) is 7.72. The second-order valence-corrected chi connectivity index (χ2v) is 4.58. The maximum absolute atomic E-state index is 11.7. The van der Waals surface area contributed by atoms with Crippen molar-refractivity contribution in [1.29, 1.82) is 0 Å². The van der Waals surface area contributed by atoms with Crippen molar-refractivity contribution in [3.8, 4) is 0 Å². The lowest BCUT2D eigenvalue weighted by Crippen LogP contribution is -2.25. The Hall–Kier alpha value is -0.940. The number of halogens is 1. The van der Waals surface area contributed by atoms with E-state index in [1.54, 1.807) is 18.4 Å². The van der Waals surface area contributed by atoms with Gasteiger partial charge >= 0.3 is 0 Å². The number of fused-ring (bicyclic) bond motifs is 1. The zero-order valence-electron chi connectivity index (χ0n) is 8.37. The van der Waals surface area contributed by atoms with Gasteiger partial charge in [0.1, 0.15) is 5.58 Å². The molecule has 0 aliphatic heterocycles. The van der Waals surface area contributed by atoms with Gasteiger partial charge in [0.15, 0.2) is 0 Å². The molecule has 0 aliphatic rings. The molecule has 84 valence electrons. The molecule has 1 aromatic heterocycles. The molecule has 1 heterocycles. The van der Waals surface area contributed by atoms with Crippen LogP contribution in [0.4, 0.5) is 0 Å². The number of furan rings is 1. The Balaban J connectivity index is 2.34. The number of hydrogen-bond acceptors (Lipinski definition) is 3. The van der Waals surface area contributed by atoms with Crippen LogP contribution in [0, 0.1) is 0 Å². The molecule has 0 unspecified atom stereocenters. The molecule has 1 N–H and O–H groups in total. The molecule has 0 bridgehead atoms. The quantitative estimate of drug-likeness (QED) is 0.856. The first kappa shape index (κ1) is 11.5. The zero-order valence-corrected chi connectivity index (χ0v) is 10.8. The number of benzene rings is 1. The summed E-state index contributed by atoms with van der Waals surface area (Å²) in [5, 5.41) is 3.67. The molecule has 0 atom stereocenters. The van der Waals surface area contributed by atoms with Crippen LogP contribution in [0.1, 0.15) is 10.4 Å². The molecular formula is C11H10BrNO2S. The van der Waals surface area contributed by atoms with Crippen molar-refractivity contribution in [3.05, 3.63) is 34.5 Å². The van der Waals surface area contributed by atoms with Crippen molar-refractivity contribution < 1.29 is 9.21 Å². The first-order valence-corrected chi connectivity index (χ1v) is 6.20. The summed E-state index contributed by atoms with van der Waals surface area (Å²) in [6.45, 7) is 0.559. The number of amides is 1. The summed E-state index contributed by atoms with van der Waals surface area (Å²) in [4.78, 5) is 11.7. The Bertz CT molecular complexity index is 524. The van der Waals surface area contributed by atoms with Gasteiger partial charge in [-0.15, -0.1) is 0 Å². The molecule has 0 saturated carbocycles. The summed E-state index contributed by atoms with van der Waals surface area (Å²) in [5.41, 5.74) is 1.37. The topological polar surface area (TPSA) is 42.2 Å². The van der Waals surface area contributed by atoms with Gasteiger partial charge in [-0.2, -0.15) is 12.6 Å². The van der Waals surface area contributed by atoms with E-state index in [0.29, 0.717) is 17.9 Å². The fourth-order valence-electron chi connectivity index (χ4n) is 1.44. The van der Waals surface area contributed by atoms with Gasteiger partial charge in [-0.25, -0.2) is 0 Å². The lowest BCUT2D eigenvalue weighted by molar-refractivity contribution is 0.0956. The Morgan fingerprint density at radius 1 is 1.50 bits per heavy atom. The smallest absolute Gasteiger partial charge is 0.251 e. The average molecular weight is 300 g/mol. The third kappa shape index (κ3) is 2.25. The third-order valence-electron chi connectivity index (χ3n) is 2.17. The zero-order chi connectivity index (χ0) is 11.5. The van der Waals surface area contributed by atoms with E-state index in [9.17, 15) is 4.79 Å². The summed E-state index contributed by atoms with van der Waals surface area (Å²) in [6.07, 6.45) is 1.60. The van der Waals surface area contributed by atoms with Gasteiger partial charge in [0.25, 0.3) is 5.91 Å². The highest BCUT2D eigenvalue weighted by molar-refractivity contribution is 9.10. The monoisotopic (exact) mass is 299 g/mol. The van der Waals surface area contributed by atoms with E-state index in [2.05, 4.69) is 33.9 Å². The van der Waals surface area contributed by atoms with E-state index < -0.39 is 0 Å². The minimum Gasteiger partial charge on any atom is -0.463 e. The number of carbonyl (C=O) groups is 1. The normalized spacial score (nSPS) is 10.6. The highest BCUT2D eigenvalue weighted by Gasteiger charge is 2.10. The second-order valence-electron chi connectivity index (χ2n) is 3.28. The molecule has 0 radical (unpaired) electrons. The standard InChI is InChI=1S/C11H10BrNO2S/c12-9-6-8(11(14)13-2-4-16)5-7-1-3-15-10(7)9/h1,3,5-6,16H,2,4H2,(H,13,14). The number of nitrogens with one attached hydrogen (secondary N) is 1. The Kier molecular flexibility index (Phi) is 3.56. The van der Waals surface area contributed by atoms with Crippen LogP contribution in [0.25, 0.3) is 11.0 Å². The van der Waals surface area contributed by atoms with Crippen molar-refractivity contribution in [2.45, 2.75) is 0 Å². The predicted octanol–water partition coefficient (Wildman–Crippen LogP) is 2.85. The SMILES string of the molecule is O=C(NCCS)c1cc(Br)c2occc2c1. The minimum absolute atomic E-state index is 0.0992. The molecule has 5 heteroatoms. The van der Waals surface area contributed by atoms with Crippen LogP contribution in [0.3, 0.4) is 0 Å². The summed E-state index contributed by atoms with van der Waals surface area (Å²) in [6, 6.07) is 5.38. The highest BCUT2D eigenvalue weighted by atomic mass is 79.9. The van der Waals surface area contributed by atoms with Crippen LogP contribution < -0.4 is 5.32 Å². The van der Waals surface area contributed by atoms with Gasteiger partial charge in [-0.1, -0.05) is 0 Å². The molecule has 2 aromatic rings. The maximum Gasteiger partial charge on any atom is 0.251 e. The Labute approximate surface area is 107 Å². The molecule has 2 rings (SSSR count). The Morgan fingerprint density at radius 2 is 2.31 bits per heavy atom. The van der Waals surface area contributed by atoms with Gasteiger partial charge in [0.2, 0.25) is 0 Å². The van der Waals surface area contributed by atoms with Gasteiger partial charge in [0, 0.05) is 23.2 Å². The number of hydrogen-bond donors (Lipinski definition) is 2.